The molecular formula is C15H26O6. The van der Waals surface area contributed by atoms with E-state index in [2.05, 4.69) is 0 Å². The van der Waals surface area contributed by atoms with Gasteiger partial charge in [0.2, 0.25) is 0 Å². The molecule has 3 rings (SSSR count). The van der Waals surface area contributed by atoms with Crippen LogP contribution in [0.2, 0.25) is 0 Å². The average Bonchev–Trinajstić information content (AvgIpc) is 3.36. The van der Waals surface area contributed by atoms with Crippen LogP contribution in [0, 0.1) is 17.3 Å². The summed E-state index contributed by atoms with van der Waals surface area (Å²) in [5.74, 6) is 0.0261. The summed E-state index contributed by atoms with van der Waals surface area (Å²) in [5, 5.41) is 29.8. The lowest BCUT2D eigenvalue weighted by atomic mass is 9.65. The quantitative estimate of drug-likeness (QED) is 0.447. The summed E-state index contributed by atoms with van der Waals surface area (Å²) >= 11 is 0. The number of epoxide rings is 3. The van der Waals surface area contributed by atoms with Crippen molar-refractivity contribution < 1.29 is 29.5 Å². The highest BCUT2D eigenvalue weighted by atomic mass is 16.6. The summed E-state index contributed by atoms with van der Waals surface area (Å²) in [5.41, 5.74) is -0.616. The Morgan fingerprint density at radius 3 is 1.81 bits per heavy atom. The number of ether oxygens (including phenoxy) is 3. The monoisotopic (exact) mass is 302 g/mol. The Bertz CT molecular complexity index is 333. The van der Waals surface area contributed by atoms with Gasteiger partial charge in [-0.25, -0.2) is 0 Å². The van der Waals surface area contributed by atoms with E-state index >= 15 is 0 Å². The van der Waals surface area contributed by atoms with Gasteiger partial charge in [0.05, 0.1) is 51.3 Å². The Labute approximate surface area is 125 Å². The van der Waals surface area contributed by atoms with E-state index < -0.39 is 5.41 Å². The van der Waals surface area contributed by atoms with Crippen molar-refractivity contribution in [2.24, 2.45) is 17.3 Å². The van der Waals surface area contributed by atoms with Crippen molar-refractivity contribution >= 4 is 0 Å². The van der Waals surface area contributed by atoms with E-state index in [1.165, 1.54) is 0 Å². The zero-order chi connectivity index (χ0) is 14.9. The Morgan fingerprint density at radius 2 is 1.38 bits per heavy atom. The van der Waals surface area contributed by atoms with Crippen LogP contribution in [0.5, 0.6) is 0 Å². The molecule has 0 amide bonds. The van der Waals surface area contributed by atoms with Gasteiger partial charge in [0.1, 0.15) is 0 Å². The fraction of sp³-hybridized carbons (Fsp3) is 1.00. The van der Waals surface area contributed by atoms with E-state index in [1.54, 1.807) is 0 Å². The Hall–Kier alpha value is -0.240. The lowest BCUT2D eigenvalue weighted by molar-refractivity contribution is -0.0500. The predicted octanol–water partition coefficient (Wildman–Crippen LogP) is -0.451. The van der Waals surface area contributed by atoms with Crippen LogP contribution in [0.15, 0.2) is 0 Å². The summed E-state index contributed by atoms with van der Waals surface area (Å²) in [4.78, 5) is 0. The number of aliphatic hydroxyl groups excluding tert-OH is 3. The first-order valence-corrected chi connectivity index (χ1v) is 7.88. The van der Waals surface area contributed by atoms with Crippen molar-refractivity contribution in [2.45, 2.75) is 37.6 Å². The summed E-state index contributed by atoms with van der Waals surface area (Å²) in [6.07, 6.45) is 2.73. The number of hydrogen-bond acceptors (Lipinski definition) is 6. The normalized spacial score (nSPS) is 33.6. The van der Waals surface area contributed by atoms with Crippen LogP contribution in [0.3, 0.4) is 0 Å². The molecular weight excluding hydrogens is 276 g/mol. The smallest absolute Gasteiger partial charge is 0.0817 e. The van der Waals surface area contributed by atoms with E-state index in [1.807, 2.05) is 0 Å². The van der Waals surface area contributed by atoms with Crippen LogP contribution in [0.25, 0.3) is 0 Å². The van der Waals surface area contributed by atoms with E-state index in [9.17, 15) is 15.3 Å². The molecule has 122 valence electrons. The minimum Gasteiger partial charge on any atom is -0.396 e. The molecule has 5 unspecified atom stereocenters. The molecule has 6 heteroatoms. The maximum atomic E-state index is 9.98. The lowest BCUT2D eigenvalue weighted by Gasteiger charge is -2.42. The van der Waals surface area contributed by atoms with Crippen molar-refractivity contribution in [1.29, 1.82) is 0 Å². The molecule has 0 bridgehead atoms. The van der Waals surface area contributed by atoms with Crippen LogP contribution in [0.4, 0.5) is 0 Å². The number of rotatable bonds is 11. The molecule has 5 atom stereocenters. The number of hydrogen-bond donors (Lipinski definition) is 3. The van der Waals surface area contributed by atoms with Crippen LogP contribution in [0.1, 0.15) is 19.3 Å². The molecule has 0 aromatic heterocycles. The van der Waals surface area contributed by atoms with Crippen molar-refractivity contribution in [2.75, 3.05) is 39.6 Å². The first-order valence-electron chi connectivity index (χ1n) is 7.88. The van der Waals surface area contributed by atoms with E-state index in [0.29, 0.717) is 13.0 Å². The zero-order valence-electron chi connectivity index (χ0n) is 12.3. The minimum absolute atomic E-state index is 0.0124. The number of aliphatic hydroxyl groups is 3. The van der Waals surface area contributed by atoms with Crippen molar-refractivity contribution in [3.05, 3.63) is 0 Å². The fourth-order valence-corrected chi connectivity index (χ4v) is 3.54. The topological polar surface area (TPSA) is 98.3 Å². The van der Waals surface area contributed by atoms with Crippen LogP contribution >= 0.6 is 0 Å². The van der Waals surface area contributed by atoms with E-state index in [-0.39, 0.29) is 50.0 Å². The summed E-state index contributed by atoms with van der Waals surface area (Å²) in [6, 6.07) is 0. The minimum atomic E-state index is -0.616. The Kier molecular flexibility index (Phi) is 4.83. The predicted molar refractivity (Wildman–Crippen MR) is 73.7 cm³/mol. The summed E-state index contributed by atoms with van der Waals surface area (Å²) in [7, 11) is 0. The maximum Gasteiger partial charge on any atom is 0.0817 e. The standard InChI is InChI=1S/C15H26O6/c16-4-10(1-11-5-19-11)14(2-12-6-20-12)15(8-17,9-18)3-13-7-21-13/h10-14,16-18H,1-9H2. The van der Waals surface area contributed by atoms with Crippen LogP contribution in [-0.2, 0) is 14.2 Å². The lowest BCUT2D eigenvalue weighted by Crippen LogP contribution is -2.45. The van der Waals surface area contributed by atoms with Crippen molar-refractivity contribution in [3.8, 4) is 0 Å². The van der Waals surface area contributed by atoms with E-state index in [4.69, 9.17) is 14.2 Å². The molecule has 3 heterocycles. The van der Waals surface area contributed by atoms with Crippen LogP contribution < -0.4 is 0 Å². The maximum absolute atomic E-state index is 9.98. The molecule has 0 radical (unpaired) electrons. The van der Waals surface area contributed by atoms with Gasteiger partial charge in [0, 0.05) is 12.0 Å². The van der Waals surface area contributed by atoms with Crippen molar-refractivity contribution in [3.63, 3.8) is 0 Å². The first-order chi connectivity index (χ1) is 10.2. The van der Waals surface area contributed by atoms with Gasteiger partial charge < -0.3 is 29.5 Å². The molecule has 0 aliphatic carbocycles. The second-order valence-electron chi connectivity index (χ2n) is 6.77. The third kappa shape index (κ3) is 3.94. The molecule has 0 aromatic carbocycles. The average molecular weight is 302 g/mol. The second kappa shape index (κ2) is 6.48. The van der Waals surface area contributed by atoms with Gasteiger partial charge in [0.15, 0.2) is 0 Å². The van der Waals surface area contributed by atoms with E-state index in [0.717, 1.165) is 26.1 Å². The van der Waals surface area contributed by atoms with Gasteiger partial charge in [-0.1, -0.05) is 0 Å². The summed E-state index contributed by atoms with van der Waals surface area (Å²) in [6.45, 7) is 2.04. The second-order valence-corrected chi connectivity index (χ2v) is 6.77. The van der Waals surface area contributed by atoms with Gasteiger partial charge in [-0.05, 0) is 31.1 Å². The molecule has 3 aliphatic rings. The van der Waals surface area contributed by atoms with Gasteiger partial charge in [-0.2, -0.15) is 0 Å². The third-order valence-electron chi connectivity index (χ3n) is 5.14. The van der Waals surface area contributed by atoms with Gasteiger partial charge in [-0.15, -0.1) is 0 Å². The van der Waals surface area contributed by atoms with Gasteiger partial charge >= 0.3 is 0 Å². The fourth-order valence-electron chi connectivity index (χ4n) is 3.54. The largest absolute Gasteiger partial charge is 0.396 e. The first kappa shape index (κ1) is 15.6. The summed E-state index contributed by atoms with van der Waals surface area (Å²) < 4.78 is 15.9. The molecule has 3 fully saturated rings. The Morgan fingerprint density at radius 1 is 0.857 bits per heavy atom. The molecule has 0 spiro atoms. The molecule has 3 N–H and O–H groups in total. The molecule has 21 heavy (non-hydrogen) atoms. The zero-order valence-corrected chi connectivity index (χ0v) is 12.3. The van der Waals surface area contributed by atoms with Crippen molar-refractivity contribution in [1.82, 2.24) is 0 Å². The van der Waals surface area contributed by atoms with Crippen LogP contribution in [-0.4, -0.2) is 73.3 Å². The van der Waals surface area contributed by atoms with Gasteiger partial charge in [0.25, 0.3) is 0 Å². The highest BCUT2D eigenvalue weighted by Crippen LogP contribution is 2.45. The van der Waals surface area contributed by atoms with Gasteiger partial charge in [-0.3, -0.25) is 0 Å². The third-order valence-corrected chi connectivity index (χ3v) is 5.14. The molecule has 3 saturated heterocycles. The molecule has 6 nitrogen and oxygen atoms in total. The highest BCUT2D eigenvalue weighted by Gasteiger charge is 2.48. The molecule has 0 saturated carbocycles. The highest BCUT2D eigenvalue weighted by molar-refractivity contribution is 4.96. The molecule has 3 aliphatic heterocycles. The SMILES string of the molecule is OCC(CC1CO1)C(CC1CO1)C(CO)(CO)CC1CO1. The Balaban J connectivity index is 1.75. The molecule has 0 aromatic rings.